The van der Waals surface area contributed by atoms with Crippen LogP contribution in [-0.4, -0.2) is 29.1 Å². The Kier molecular flexibility index (Phi) is 6.43. The third-order valence-corrected chi connectivity index (χ3v) is 7.67. The number of nitrogens with two attached hydrogens (primary N) is 1. The molecule has 0 spiro atoms. The molecule has 0 aliphatic rings. The second kappa shape index (κ2) is 9.33. The second-order valence-corrected chi connectivity index (χ2v) is 10.7. The molecule has 0 amide bonds. The van der Waals surface area contributed by atoms with E-state index in [-0.39, 0.29) is 32.3 Å². The zero-order chi connectivity index (χ0) is 25.2. The molecule has 0 heterocycles. The predicted molar refractivity (Wildman–Crippen MR) is 132 cm³/mol. The first-order valence-electron chi connectivity index (χ1n) is 10.1. The van der Waals surface area contributed by atoms with Crippen molar-refractivity contribution in [3.63, 3.8) is 0 Å². The van der Waals surface area contributed by atoms with Gasteiger partial charge in [-0.25, -0.2) is 8.42 Å². The maximum absolute atomic E-state index is 12.6. The number of hydrogen-bond donors (Lipinski definition) is 3. The number of phenols is 1. The minimum Gasteiger partial charge on any atom is -0.507 e. The quantitative estimate of drug-likeness (QED) is 0.184. The van der Waals surface area contributed by atoms with Crippen LogP contribution in [0.2, 0.25) is 0 Å². The molecule has 4 rings (SSSR count). The first-order valence-corrected chi connectivity index (χ1v) is 13.0. The molecule has 0 aromatic heterocycles. The Hall–Kier alpha value is -4.00. The molecule has 0 aliphatic carbocycles. The third kappa shape index (κ3) is 5.09. The first kappa shape index (κ1) is 24.1. The summed E-state index contributed by atoms with van der Waals surface area (Å²) >= 11 is 0. The Morgan fingerprint density at radius 2 is 1.54 bits per heavy atom. The van der Waals surface area contributed by atoms with E-state index < -0.39 is 20.1 Å². The van der Waals surface area contributed by atoms with E-state index in [4.69, 9.17) is 5.73 Å². The lowest BCUT2D eigenvalue weighted by Gasteiger charge is -2.10. The molecular weight excluding hydrogens is 492 g/mol. The molecule has 10 nitrogen and oxygen atoms in total. The second-order valence-electron chi connectivity index (χ2n) is 7.33. The lowest BCUT2D eigenvalue weighted by molar-refractivity contribution is 0.397. The lowest BCUT2D eigenvalue weighted by atomic mass is 10.1. The molecule has 4 aromatic rings. The van der Waals surface area contributed by atoms with Crippen LogP contribution in [0.5, 0.6) is 5.75 Å². The number of rotatable bonds is 7. The van der Waals surface area contributed by atoms with Crippen molar-refractivity contribution in [2.75, 3.05) is 17.6 Å². The number of fused-ring (bicyclic) bond motifs is 1. The van der Waals surface area contributed by atoms with Gasteiger partial charge in [0.05, 0.1) is 33.7 Å². The van der Waals surface area contributed by atoms with Crippen LogP contribution in [0, 0.1) is 0 Å². The number of benzene rings is 4. The van der Waals surface area contributed by atoms with Gasteiger partial charge in [-0.1, -0.05) is 24.3 Å². The monoisotopic (exact) mass is 512 g/mol. The van der Waals surface area contributed by atoms with E-state index >= 15 is 0 Å². The minimum absolute atomic E-state index is 0.0366. The highest BCUT2D eigenvalue weighted by Crippen LogP contribution is 2.40. The van der Waals surface area contributed by atoms with Crippen LogP contribution >= 0.6 is 0 Å². The molecule has 0 saturated heterocycles. The number of aromatic hydroxyl groups is 1. The van der Waals surface area contributed by atoms with E-state index in [9.17, 15) is 21.9 Å². The van der Waals surface area contributed by atoms with Crippen LogP contribution in [-0.2, 0) is 24.3 Å². The molecule has 0 fully saturated rings. The van der Waals surface area contributed by atoms with Gasteiger partial charge in [-0.2, -0.15) is 13.5 Å². The lowest BCUT2D eigenvalue weighted by Crippen LogP contribution is -2.12. The van der Waals surface area contributed by atoms with E-state index in [0.717, 1.165) is 13.2 Å². The van der Waals surface area contributed by atoms with Gasteiger partial charge in [-0.15, -0.1) is 5.11 Å². The summed E-state index contributed by atoms with van der Waals surface area (Å²) < 4.78 is 56.2. The molecule has 12 heteroatoms. The van der Waals surface area contributed by atoms with E-state index in [1.54, 1.807) is 30.3 Å². The highest BCUT2D eigenvalue weighted by atomic mass is 32.2. The van der Waals surface area contributed by atoms with E-state index in [2.05, 4.69) is 19.1 Å². The van der Waals surface area contributed by atoms with Gasteiger partial charge in [0.25, 0.3) is 20.1 Å². The summed E-state index contributed by atoms with van der Waals surface area (Å²) in [5, 5.41) is 19.3. The van der Waals surface area contributed by atoms with Gasteiger partial charge in [0, 0.05) is 11.8 Å². The van der Waals surface area contributed by atoms with Crippen molar-refractivity contribution in [2.24, 2.45) is 10.2 Å². The van der Waals surface area contributed by atoms with E-state index in [1.165, 1.54) is 42.5 Å². The van der Waals surface area contributed by atoms with Crippen molar-refractivity contribution in [3.05, 3.63) is 78.9 Å². The summed E-state index contributed by atoms with van der Waals surface area (Å²) in [6.07, 6.45) is 0. The topological polar surface area (TPSA) is 161 Å². The number of sulfonamides is 1. The Balaban J connectivity index is 1.65. The van der Waals surface area contributed by atoms with Gasteiger partial charge < -0.3 is 10.8 Å². The van der Waals surface area contributed by atoms with Crippen molar-refractivity contribution in [2.45, 2.75) is 9.79 Å². The number of nitrogens with zero attached hydrogens (tertiary/aromatic N) is 2. The highest BCUT2D eigenvalue weighted by molar-refractivity contribution is 7.92. The first-order chi connectivity index (χ1) is 16.6. The molecule has 0 aliphatic heterocycles. The molecule has 0 saturated carbocycles. The van der Waals surface area contributed by atoms with Crippen molar-refractivity contribution in [1.82, 2.24) is 0 Å². The van der Waals surface area contributed by atoms with Gasteiger partial charge in [-0.05, 0) is 53.9 Å². The largest absolute Gasteiger partial charge is 0.507 e. The average molecular weight is 513 g/mol. The highest BCUT2D eigenvalue weighted by Gasteiger charge is 2.19. The molecule has 0 bridgehead atoms. The third-order valence-electron chi connectivity index (χ3n) is 5.02. The zero-order valence-electron chi connectivity index (χ0n) is 18.3. The van der Waals surface area contributed by atoms with Crippen LogP contribution in [0.4, 0.5) is 22.7 Å². The van der Waals surface area contributed by atoms with Crippen LogP contribution in [0.25, 0.3) is 10.8 Å². The molecule has 4 N–H and O–H groups in total. The Bertz CT molecular complexity index is 1640. The van der Waals surface area contributed by atoms with Gasteiger partial charge in [0.2, 0.25) is 0 Å². The minimum atomic E-state index is -4.03. The fourth-order valence-corrected chi connectivity index (χ4v) is 5.06. The average Bonchev–Trinajstić information content (AvgIpc) is 2.84. The smallest absolute Gasteiger partial charge is 0.296 e. The van der Waals surface area contributed by atoms with Crippen molar-refractivity contribution in [3.8, 4) is 5.75 Å². The molecule has 0 atom stereocenters. The number of phenolic OH excluding ortho intramolecular Hbond substituents is 1. The van der Waals surface area contributed by atoms with Gasteiger partial charge in [0.15, 0.2) is 0 Å². The van der Waals surface area contributed by atoms with Crippen LogP contribution in [0.3, 0.4) is 0 Å². The summed E-state index contributed by atoms with van der Waals surface area (Å²) in [5.41, 5.74) is 7.12. The summed E-state index contributed by atoms with van der Waals surface area (Å²) in [6, 6.07) is 19.6. The molecule has 35 heavy (non-hydrogen) atoms. The fourth-order valence-electron chi connectivity index (χ4n) is 3.28. The van der Waals surface area contributed by atoms with E-state index in [1.807, 2.05) is 0 Å². The molecule has 180 valence electrons. The van der Waals surface area contributed by atoms with Crippen LogP contribution < -0.4 is 10.5 Å². The number of anilines is 2. The SMILES string of the molecule is COS(=O)(=O)c1cc(O)c2c(N=Nc3ccc(S(=O)(=O)Nc4ccccc4)cc3)c(N)ccc2c1. The van der Waals surface area contributed by atoms with Gasteiger partial charge in [-0.3, -0.25) is 8.91 Å². The van der Waals surface area contributed by atoms with E-state index in [0.29, 0.717) is 16.8 Å². The maximum atomic E-state index is 12.6. The Labute approximate surface area is 201 Å². The standard InChI is InChI=1S/C23H20N4O6S2/c1-33-35(31,32)19-13-15-7-12-20(24)23(22(15)21(28)14-19)26-25-16-8-10-18(11-9-16)34(29,30)27-17-5-3-2-4-6-17/h2-14,27-28H,24H2,1H3. The molecule has 0 radical (unpaired) electrons. The predicted octanol–water partition coefficient (Wildman–Crippen LogP) is 4.68. The van der Waals surface area contributed by atoms with Crippen molar-refractivity contribution < 1.29 is 26.1 Å². The number of azo groups is 1. The summed E-state index contributed by atoms with van der Waals surface area (Å²) in [6.45, 7) is 0. The van der Waals surface area contributed by atoms with Gasteiger partial charge >= 0.3 is 0 Å². The number of hydrogen-bond acceptors (Lipinski definition) is 9. The maximum Gasteiger partial charge on any atom is 0.296 e. The number of nitrogen functional groups attached to an aromatic ring is 1. The number of para-hydroxylation sites is 1. The van der Waals surface area contributed by atoms with Crippen LogP contribution in [0.1, 0.15) is 0 Å². The summed E-state index contributed by atoms with van der Waals surface area (Å²) in [4.78, 5) is -0.187. The zero-order valence-corrected chi connectivity index (χ0v) is 19.9. The summed E-state index contributed by atoms with van der Waals surface area (Å²) in [5.74, 6) is -0.368. The Morgan fingerprint density at radius 1 is 0.857 bits per heavy atom. The van der Waals surface area contributed by atoms with Crippen LogP contribution in [0.15, 0.2) is 98.9 Å². The normalized spacial score (nSPS) is 12.3. The molecular formula is C23H20N4O6S2. The van der Waals surface area contributed by atoms with Crippen molar-refractivity contribution >= 4 is 53.7 Å². The number of nitrogens with one attached hydrogen (secondary N) is 1. The molecule has 0 unspecified atom stereocenters. The van der Waals surface area contributed by atoms with Crippen molar-refractivity contribution in [1.29, 1.82) is 0 Å². The van der Waals surface area contributed by atoms with Gasteiger partial charge in [0.1, 0.15) is 11.4 Å². The molecule has 4 aromatic carbocycles. The fraction of sp³-hybridized carbons (Fsp3) is 0.0435. The Morgan fingerprint density at radius 3 is 2.20 bits per heavy atom. The summed E-state index contributed by atoms with van der Waals surface area (Å²) in [7, 11) is -6.80.